The van der Waals surface area contributed by atoms with Crippen LogP contribution in [-0.2, 0) is 0 Å². The monoisotopic (exact) mass is 243 g/mol. The minimum absolute atomic E-state index is 0.691. The molecule has 0 amide bonds. The number of nitrogens with zero attached hydrogens (tertiary/aromatic N) is 3. The molecular weight excluding hydrogens is 234 g/mol. The molecule has 17 heavy (non-hydrogen) atoms. The highest BCUT2D eigenvalue weighted by atomic mass is 32.1. The summed E-state index contributed by atoms with van der Waals surface area (Å²) >= 11 is 1.53. The van der Waals surface area contributed by atoms with Crippen molar-refractivity contribution in [2.24, 2.45) is 0 Å². The Bertz CT molecular complexity index is 612. The second-order valence-corrected chi connectivity index (χ2v) is 4.35. The first-order chi connectivity index (χ1) is 8.33. The van der Waals surface area contributed by atoms with Gasteiger partial charge in [-0.2, -0.15) is 5.10 Å². The molecule has 0 saturated heterocycles. The largest absolute Gasteiger partial charge is 0.399 e. The van der Waals surface area contributed by atoms with E-state index in [1.54, 1.807) is 0 Å². The van der Waals surface area contributed by atoms with Crippen LogP contribution < -0.4 is 5.73 Å². The summed E-state index contributed by atoms with van der Waals surface area (Å²) in [6, 6.07) is 7.63. The zero-order chi connectivity index (χ0) is 11.7. The maximum atomic E-state index is 5.65. The Balaban J connectivity index is 1.98. The van der Waals surface area contributed by atoms with E-state index in [4.69, 9.17) is 5.73 Å². The van der Waals surface area contributed by atoms with Crippen molar-refractivity contribution in [1.29, 1.82) is 0 Å². The maximum Gasteiger partial charge on any atom is 0.184 e. The molecule has 84 valence electrons. The maximum absolute atomic E-state index is 5.65. The van der Waals surface area contributed by atoms with Gasteiger partial charge in [0.25, 0.3) is 0 Å². The second kappa shape index (κ2) is 3.99. The normalized spacial score (nSPS) is 10.6. The first-order valence-electron chi connectivity index (χ1n) is 5.00. The first kappa shape index (κ1) is 9.98. The van der Waals surface area contributed by atoms with Crippen molar-refractivity contribution in [1.82, 2.24) is 20.2 Å². The van der Waals surface area contributed by atoms with Crippen LogP contribution in [0.15, 0.2) is 36.0 Å². The molecule has 5 nitrogen and oxygen atoms in total. The highest BCUT2D eigenvalue weighted by Crippen LogP contribution is 2.26. The van der Waals surface area contributed by atoms with Crippen LogP contribution in [0.1, 0.15) is 0 Å². The van der Waals surface area contributed by atoms with Gasteiger partial charge >= 0.3 is 0 Å². The molecule has 0 aliphatic rings. The summed E-state index contributed by atoms with van der Waals surface area (Å²) in [5.41, 5.74) is 8.36. The third kappa shape index (κ3) is 1.90. The van der Waals surface area contributed by atoms with Crippen LogP contribution in [0.2, 0.25) is 0 Å². The number of rotatable bonds is 2. The summed E-state index contributed by atoms with van der Waals surface area (Å²) in [4.78, 5) is 8.57. The van der Waals surface area contributed by atoms with Gasteiger partial charge in [0, 0.05) is 16.6 Å². The summed E-state index contributed by atoms with van der Waals surface area (Å²) in [6.07, 6.45) is 1.47. The lowest BCUT2D eigenvalue weighted by Gasteiger charge is -1.96. The van der Waals surface area contributed by atoms with E-state index >= 15 is 0 Å². The van der Waals surface area contributed by atoms with Crippen LogP contribution in [0.5, 0.6) is 0 Å². The van der Waals surface area contributed by atoms with Crippen molar-refractivity contribution in [3.8, 4) is 22.1 Å². The molecule has 2 aromatic heterocycles. The third-order valence-electron chi connectivity index (χ3n) is 2.33. The Morgan fingerprint density at radius 2 is 2.00 bits per heavy atom. The van der Waals surface area contributed by atoms with Gasteiger partial charge in [0.05, 0.1) is 5.69 Å². The van der Waals surface area contributed by atoms with E-state index in [0.29, 0.717) is 5.82 Å². The molecule has 6 heteroatoms. The lowest BCUT2D eigenvalue weighted by Crippen LogP contribution is -1.84. The number of hydrogen-bond donors (Lipinski definition) is 2. The SMILES string of the molecule is Nc1ccc(-c2csc(-c3ncn[nH]3)n2)cc1. The predicted octanol–water partition coefficient (Wildman–Crippen LogP) is 2.18. The number of aromatic amines is 1. The number of nitrogen functional groups attached to an aromatic ring is 1. The zero-order valence-electron chi connectivity index (χ0n) is 8.79. The smallest absolute Gasteiger partial charge is 0.184 e. The van der Waals surface area contributed by atoms with Crippen molar-refractivity contribution in [3.05, 3.63) is 36.0 Å². The molecule has 0 fully saturated rings. The van der Waals surface area contributed by atoms with Crippen LogP contribution in [0.4, 0.5) is 5.69 Å². The van der Waals surface area contributed by atoms with Crippen LogP contribution in [0, 0.1) is 0 Å². The predicted molar refractivity (Wildman–Crippen MR) is 67.3 cm³/mol. The van der Waals surface area contributed by atoms with Crippen molar-refractivity contribution < 1.29 is 0 Å². The molecule has 2 heterocycles. The molecule has 0 aliphatic heterocycles. The Morgan fingerprint density at radius 3 is 2.71 bits per heavy atom. The fourth-order valence-electron chi connectivity index (χ4n) is 1.48. The van der Waals surface area contributed by atoms with E-state index in [2.05, 4.69) is 20.2 Å². The van der Waals surface area contributed by atoms with Gasteiger partial charge in [0.2, 0.25) is 0 Å². The van der Waals surface area contributed by atoms with Gasteiger partial charge in [-0.1, -0.05) is 12.1 Å². The molecule has 3 rings (SSSR count). The van der Waals surface area contributed by atoms with Gasteiger partial charge < -0.3 is 5.73 Å². The van der Waals surface area contributed by atoms with Gasteiger partial charge in [-0.15, -0.1) is 11.3 Å². The van der Waals surface area contributed by atoms with E-state index in [1.165, 1.54) is 17.7 Å². The van der Waals surface area contributed by atoms with Crippen LogP contribution >= 0.6 is 11.3 Å². The van der Waals surface area contributed by atoms with E-state index in [-0.39, 0.29) is 0 Å². The molecule has 0 radical (unpaired) electrons. The van der Waals surface area contributed by atoms with Crippen LogP contribution in [-0.4, -0.2) is 20.2 Å². The van der Waals surface area contributed by atoms with Gasteiger partial charge in [0.15, 0.2) is 10.8 Å². The highest BCUT2D eigenvalue weighted by Gasteiger charge is 2.08. The lowest BCUT2D eigenvalue weighted by atomic mass is 10.1. The molecule has 0 unspecified atom stereocenters. The Hall–Kier alpha value is -2.21. The number of anilines is 1. The minimum atomic E-state index is 0.691. The zero-order valence-corrected chi connectivity index (χ0v) is 9.61. The van der Waals surface area contributed by atoms with Crippen LogP contribution in [0.25, 0.3) is 22.1 Å². The standard InChI is InChI=1S/C11H9N5S/c12-8-3-1-7(2-4-8)9-5-17-11(15-9)10-13-6-14-16-10/h1-6H,12H2,(H,13,14,16). The van der Waals surface area contributed by atoms with E-state index in [0.717, 1.165) is 22.0 Å². The van der Waals surface area contributed by atoms with Gasteiger partial charge in [-0.3, -0.25) is 5.10 Å². The molecule has 3 N–H and O–H groups in total. The summed E-state index contributed by atoms with van der Waals surface area (Å²) in [5.74, 6) is 0.691. The number of aromatic nitrogens is 4. The number of nitrogens with one attached hydrogen (secondary N) is 1. The molecule has 0 bridgehead atoms. The first-order valence-corrected chi connectivity index (χ1v) is 5.88. The molecule has 1 aromatic carbocycles. The van der Waals surface area contributed by atoms with Crippen molar-refractivity contribution in [2.75, 3.05) is 5.73 Å². The molecule has 0 atom stereocenters. The second-order valence-electron chi connectivity index (χ2n) is 3.49. The Morgan fingerprint density at radius 1 is 1.18 bits per heavy atom. The number of H-pyrrole nitrogens is 1. The summed E-state index contributed by atoms with van der Waals surface area (Å²) in [6.45, 7) is 0. The highest BCUT2D eigenvalue weighted by molar-refractivity contribution is 7.13. The van der Waals surface area contributed by atoms with E-state index in [1.807, 2.05) is 29.6 Å². The average molecular weight is 243 g/mol. The molecule has 3 aromatic rings. The topological polar surface area (TPSA) is 80.5 Å². The molecular formula is C11H9N5S. The van der Waals surface area contributed by atoms with E-state index < -0.39 is 0 Å². The number of benzene rings is 1. The number of nitrogens with two attached hydrogens (primary N) is 1. The van der Waals surface area contributed by atoms with Crippen molar-refractivity contribution in [3.63, 3.8) is 0 Å². The quantitative estimate of drug-likeness (QED) is 0.676. The van der Waals surface area contributed by atoms with Crippen molar-refractivity contribution >= 4 is 17.0 Å². The summed E-state index contributed by atoms with van der Waals surface area (Å²) in [7, 11) is 0. The summed E-state index contributed by atoms with van der Waals surface area (Å²) < 4.78 is 0. The average Bonchev–Trinajstić information content (AvgIpc) is 3.00. The number of hydrogen-bond acceptors (Lipinski definition) is 5. The Labute approximate surface area is 101 Å². The molecule has 0 aliphatic carbocycles. The lowest BCUT2D eigenvalue weighted by molar-refractivity contribution is 1.09. The molecule has 0 spiro atoms. The van der Waals surface area contributed by atoms with Crippen molar-refractivity contribution in [2.45, 2.75) is 0 Å². The van der Waals surface area contributed by atoms with Gasteiger partial charge in [-0.25, -0.2) is 9.97 Å². The van der Waals surface area contributed by atoms with Crippen LogP contribution in [0.3, 0.4) is 0 Å². The van der Waals surface area contributed by atoms with Gasteiger partial charge in [-0.05, 0) is 12.1 Å². The fourth-order valence-corrected chi connectivity index (χ4v) is 2.25. The Kier molecular flexibility index (Phi) is 2.34. The van der Waals surface area contributed by atoms with Gasteiger partial charge in [0.1, 0.15) is 6.33 Å². The summed E-state index contributed by atoms with van der Waals surface area (Å²) in [5, 5.41) is 9.42. The number of thiazole rings is 1. The van der Waals surface area contributed by atoms with E-state index in [9.17, 15) is 0 Å². The minimum Gasteiger partial charge on any atom is -0.399 e. The third-order valence-corrected chi connectivity index (χ3v) is 3.18. The fraction of sp³-hybridized carbons (Fsp3) is 0. The molecule has 0 saturated carbocycles.